The van der Waals surface area contributed by atoms with E-state index in [1.54, 1.807) is 0 Å². The van der Waals surface area contributed by atoms with Crippen LogP contribution in [0.2, 0.25) is 0 Å². The second-order valence-electron chi connectivity index (χ2n) is 5.55. The fourth-order valence-electron chi connectivity index (χ4n) is 2.88. The van der Waals surface area contributed by atoms with Gasteiger partial charge < -0.3 is 10.0 Å². The van der Waals surface area contributed by atoms with Gasteiger partial charge in [-0.1, -0.05) is 18.2 Å². The molecule has 0 aliphatic carbocycles. The predicted octanol–water partition coefficient (Wildman–Crippen LogP) is 1.80. The summed E-state index contributed by atoms with van der Waals surface area (Å²) in [5.41, 5.74) is 1.35. The molecule has 20 heavy (non-hydrogen) atoms. The minimum absolute atomic E-state index is 0.0481. The van der Waals surface area contributed by atoms with Crippen LogP contribution in [-0.4, -0.2) is 45.3 Å². The first-order valence-electron chi connectivity index (χ1n) is 7.05. The first kappa shape index (κ1) is 13.1. The number of carbonyl (C=O) groups excluding carboxylic acids is 1. The number of hydrogen-bond donors (Lipinski definition) is 2. The number of aromatic nitrogens is 2. The van der Waals surface area contributed by atoms with E-state index in [-0.39, 0.29) is 24.5 Å². The number of nitrogens with one attached hydrogen (secondary N) is 1. The van der Waals surface area contributed by atoms with Crippen molar-refractivity contribution in [3.63, 3.8) is 0 Å². The zero-order valence-electron chi connectivity index (χ0n) is 11.5. The van der Waals surface area contributed by atoms with Gasteiger partial charge in [-0.15, -0.1) is 0 Å². The highest BCUT2D eigenvalue weighted by atomic mass is 16.3. The third-order valence-electron chi connectivity index (χ3n) is 4.17. The summed E-state index contributed by atoms with van der Waals surface area (Å²) in [6.07, 6.45) is 1.90. The molecule has 1 aromatic heterocycles. The molecule has 3 rings (SSSR count). The molecule has 0 bridgehead atoms. The maximum absolute atomic E-state index is 12.7. The van der Waals surface area contributed by atoms with Crippen LogP contribution in [0.4, 0.5) is 0 Å². The standard InChI is InChI=1S/C15H19N3O2/c1-10-6-7-11(9-19)8-18(10)15(20)14-12-4-2-3-5-13(12)16-17-14/h2-5,10-11,19H,6-9H2,1H3,(H,16,17). The lowest BCUT2D eigenvalue weighted by molar-refractivity contribution is 0.0485. The number of piperidine rings is 1. The third kappa shape index (κ3) is 2.18. The molecule has 5 heteroatoms. The number of aliphatic hydroxyl groups excluding tert-OH is 1. The number of fused-ring (bicyclic) bond motifs is 1. The van der Waals surface area contributed by atoms with Crippen LogP contribution in [0.25, 0.3) is 10.9 Å². The van der Waals surface area contributed by atoms with Crippen LogP contribution in [0.15, 0.2) is 24.3 Å². The van der Waals surface area contributed by atoms with E-state index >= 15 is 0 Å². The Morgan fingerprint density at radius 2 is 2.25 bits per heavy atom. The number of amides is 1. The Labute approximate surface area is 117 Å². The van der Waals surface area contributed by atoms with Crippen molar-refractivity contribution in [2.45, 2.75) is 25.8 Å². The number of aliphatic hydroxyl groups is 1. The number of nitrogens with zero attached hydrogens (tertiary/aromatic N) is 2. The summed E-state index contributed by atoms with van der Waals surface area (Å²) >= 11 is 0. The van der Waals surface area contributed by atoms with Gasteiger partial charge in [0.05, 0.1) is 5.52 Å². The number of hydrogen-bond acceptors (Lipinski definition) is 3. The van der Waals surface area contributed by atoms with Gasteiger partial charge in [-0.05, 0) is 31.7 Å². The number of carbonyl (C=O) groups is 1. The molecule has 2 aromatic rings. The topological polar surface area (TPSA) is 69.2 Å². The van der Waals surface area contributed by atoms with Crippen LogP contribution in [0.3, 0.4) is 0 Å². The third-order valence-corrected chi connectivity index (χ3v) is 4.17. The summed E-state index contributed by atoms with van der Waals surface area (Å²) < 4.78 is 0. The van der Waals surface area contributed by atoms with E-state index in [0.29, 0.717) is 12.2 Å². The molecule has 2 unspecified atom stereocenters. The van der Waals surface area contributed by atoms with Crippen LogP contribution < -0.4 is 0 Å². The van der Waals surface area contributed by atoms with E-state index in [2.05, 4.69) is 17.1 Å². The normalized spacial score (nSPS) is 23.2. The van der Waals surface area contributed by atoms with Crippen molar-refractivity contribution in [2.75, 3.05) is 13.2 Å². The zero-order chi connectivity index (χ0) is 14.1. The minimum Gasteiger partial charge on any atom is -0.396 e. The molecule has 1 aliphatic heterocycles. The van der Waals surface area contributed by atoms with Crippen molar-refractivity contribution in [3.05, 3.63) is 30.0 Å². The molecular formula is C15H19N3O2. The molecule has 0 spiro atoms. The van der Waals surface area contributed by atoms with Crippen LogP contribution in [0.5, 0.6) is 0 Å². The van der Waals surface area contributed by atoms with E-state index < -0.39 is 0 Å². The minimum atomic E-state index is -0.0481. The largest absolute Gasteiger partial charge is 0.396 e. The van der Waals surface area contributed by atoms with Gasteiger partial charge in [0.2, 0.25) is 0 Å². The summed E-state index contributed by atoms with van der Waals surface area (Å²) in [6.45, 7) is 2.80. The Bertz CT molecular complexity index is 622. The van der Waals surface area contributed by atoms with Crippen LogP contribution >= 0.6 is 0 Å². The van der Waals surface area contributed by atoms with Crippen LogP contribution in [0.1, 0.15) is 30.3 Å². The number of para-hydroxylation sites is 1. The maximum atomic E-state index is 12.7. The summed E-state index contributed by atoms with van der Waals surface area (Å²) in [7, 11) is 0. The van der Waals surface area contributed by atoms with Crippen molar-refractivity contribution in [1.29, 1.82) is 0 Å². The summed E-state index contributed by atoms with van der Waals surface area (Å²) in [6, 6.07) is 7.84. The van der Waals surface area contributed by atoms with E-state index in [0.717, 1.165) is 23.7 Å². The highest BCUT2D eigenvalue weighted by molar-refractivity contribution is 6.04. The molecule has 0 radical (unpaired) electrons. The molecular weight excluding hydrogens is 254 g/mol. The van der Waals surface area contributed by atoms with Gasteiger partial charge in [0.25, 0.3) is 5.91 Å². The summed E-state index contributed by atoms with van der Waals surface area (Å²) in [5.74, 6) is 0.133. The van der Waals surface area contributed by atoms with Gasteiger partial charge in [0.1, 0.15) is 0 Å². The Kier molecular flexibility index (Phi) is 3.44. The average molecular weight is 273 g/mol. The van der Waals surface area contributed by atoms with Gasteiger partial charge in [0, 0.05) is 24.6 Å². The molecule has 2 heterocycles. The first-order chi connectivity index (χ1) is 9.70. The average Bonchev–Trinajstić information content (AvgIpc) is 2.91. The smallest absolute Gasteiger partial charge is 0.275 e. The second-order valence-corrected chi connectivity index (χ2v) is 5.55. The van der Waals surface area contributed by atoms with Gasteiger partial charge in [0.15, 0.2) is 5.69 Å². The Hall–Kier alpha value is -1.88. The molecule has 1 aromatic carbocycles. The Morgan fingerprint density at radius 3 is 3.05 bits per heavy atom. The Balaban J connectivity index is 1.91. The molecule has 2 atom stereocenters. The predicted molar refractivity (Wildman–Crippen MR) is 76.4 cm³/mol. The monoisotopic (exact) mass is 273 g/mol. The lowest BCUT2D eigenvalue weighted by atomic mass is 9.93. The highest BCUT2D eigenvalue weighted by Gasteiger charge is 2.31. The highest BCUT2D eigenvalue weighted by Crippen LogP contribution is 2.25. The number of benzene rings is 1. The van der Waals surface area contributed by atoms with Crippen molar-refractivity contribution in [3.8, 4) is 0 Å². The second kappa shape index (κ2) is 5.25. The fourth-order valence-corrected chi connectivity index (χ4v) is 2.88. The molecule has 0 saturated carbocycles. The number of likely N-dealkylation sites (tertiary alicyclic amines) is 1. The van der Waals surface area contributed by atoms with Crippen molar-refractivity contribution in [2.24, 2.45) is 5.92 Å². The van der Waals surface area contributed by atoms with Crippen LogP contribution in [-0.2, 0) is 0 Å². The van der Waals surface area contributed by atoms with Crippen molar-refractivity contribution < 1.29 is 9.90 Å². The lowest BCUT2D eigenvalue weighted by Crippen LogP contribution is -2.46. The molecule has 2 N–H and O–H groups in total. The molecule has 1 aliphatic rings. The van der Waals surface area contributed by atoms with E-state index in [9.17, 15) is 9.90 Å². The van der Waals surface area contributed by atoms with Gasteiger partial charge >= 0.3 is 0 Å². The van der Waals surface area contributed by atoms with E-state index in [4.69, 9.17) is 0 Å². The van der Waals surface area contributed by atoms with Crippen molar-refractivity contribution in [1.82, 2.24) is 15.1 Å². The maximum Gasteiger partial charge on any atom is 0.275 e. The van der Waals surface area contributed by atoms with Gasteiger partial charge in [-0.25, -0.2) is 0 Å². The van der Waals surface area contributed by atoms with Crippen molar-refractivity contribution >= 4 is 16.8 Å². The lowest BCUT2D eigenvalue weighted by Gasteiger charge is -2.37. The molecule has 1 amide bonds. The molecule has 5 nitrogen and oxygen atoms in total. The van der Waals surface area contributed by atoms with Crippen LogP contribution in [0, 0.1) is 5.92 Å². The SMILES string of the molecule is CC1CCC(CO)CN1C(=O)c1n[nH]c2ccccc12. The van der Waals surface area contributed by atoms with E-state index in [1.807, 2.05) is 29.2 Å². The molecule has 106 valence electrons. The quantitative estimate of drug-likeness (QED) is 0.876. The molecule has 1 saturated heterocycles. The molecule has 1 fully saturated rings. The number of aromatic amines is 1. The number of rotatable bonds is 2. The summed E-state index contributed by atoms with van der Waals surface area (Å²) in [4.78, 5) is 14.5. The summed E-state index contributed by atoms with van der Waals surface area (Å²) in [5, 5.41) is 17.3. The van der Waals surface area contributed by atoms with Gasteiger partial charge in [-0.2, -0.15) is 5.10 Å². The fraction of sp³-hybridized carbons (Fsp3) is 0.467. The first-order valence-corrected chi connectivity index (χ1v) is 7.05. The Morgan fingerprint density at radius 1 is 1.45 bits per heavy atom. The van der Waals surface area contributed by atoms with Gasteiger partial charge in [-0.3, -0.25) is 9.89 Å². The number of H-pyrrole nitrogens is 1. The zero-order valence-corrected chi connectivity index (χ0v) is 11.5. The van der Waals surface area contributed by atoms with E-state index in [1.165, 1.54) is 0 Å².